The molecule has 0 atom stereocenters. The molecule has 0 unspecified atom stereocenters. The molecule has 0 aliphatic heterocycles. The number of carboxylic acid groups (broad SMARTS) is 1. The van der Waals surface area contributed by atoms with Crippen molar-refractivity contribution in [2.45, 2.75) is 19.9 Å². The molecule has 1 aromatic rings. The van der Waals surface area contributed by atoms with Gasteiger partial charge in [-0.1, -0.05) is 6.92 Å². The van der Waals surface area contributed by atoms with Crippen LogP contribution in [0.2, 0.25) is 0 Å². The number of nitrogens with zero attached hydrogens (tertiary/aromatic N) is 3. The molecule has 1 aromatic heterocycles. The maximum Gasteiger partial charge on any atom is 0.365 e. The Bertz CT molecular complexity index is 379. The van der Waals surface area contributed by atoms with Gasteiger partial charge in [0.05, 0.1) is 5.69 Å². The minimum Gasteiger partial charge on any atom is -0.476 e. The van der Waals surface area contributed by atoms with Crippen LogP contribution in [0.25, 0.3) is 0 Å². The molecule has 0 saturated heterocycles. The van der Waals surface area contributed by atoms with Gasteiger partial charge in [-0.3, -0.25) is 4.90 Å². The van der Waals surface area contributed by atoms with Gasteiger partial charge in [-0.2, -0.15) is 0 Å². The SMILES string of the molecule is CCN(CCCN(C)C)Cc1csc(C(=O)O)n1. The molecule has 102 valence electrons. The third kappa shape index (κ3) is 5.12. The Labute approximate surface area is 112 Å². The molecule has 0 aliphatic rings. The second kappa shape index (κ2) is 7.45. The number of aromatic nitrogens is 1. The summed E-state index contributed by atoms with van der Waals surface area (Å²) in [7, 11) is 4.13. The molecule has 0 spiro atoms. The second-order valence-corrected chi connectivity index (χ2v) is 5.33. The summed E-state index contributed by atoms with van der Waals surface area (Å²) in [6.07, 6.45) is 1.11. The summed E-state index contributed by atoms with van der Waals surface area (Å²) in [6.45, 7) is 5.86. The van der Waals surface area contributed by atoms with Gasteiger partial charge in [-0.15, -0.1) is 11.3 Å². The fourth-order valence-corrected chi connectivity index (χ4v) is 2.31. The molecule has 0 aromatic carbocycles. The van der Waals surface area contributed by atoms with Crippen LogP contribution in [0, 0.1) is 0 Å². The van der Waals surface area contributed by atoms with Crippen LogP contribution in [0.1, 0.15) is 28.8 Å². The van der Waals surface area contributed by atoms with E-state index in [1.165, 1.54) is 11.3 Å². The predicted octanol–water partition coefficient (Wildman–Crippen LogP) is 1.61. The van der Waals surface area contributed by atoms with Crippen LogP contribution >= 0.6 is 11.3 Å². The lowest BCUT2D eigenvalue weighted by Crippen LogP contribution is -2.27. The molecule has 1 N–H and O–H groups in total. The first-order valence-corrected chi connectivity index (χ1v) is 6.95. The second-order valence-electron chi connectivity index (χ2n) is 4.47. The van der Waals surface area contributed by atoms with Gasteiger partial charge in [0.15, 0.2) is 0 Å². The van der Waals surface area contributed by atoms with Gasteiger partial charge < -0.3 is 10.0 Å². The molecule has 0 amide bonds. The molecule has 0 bridgehead atoms. The van der Waals surface area contributed by atoms with Crippen LogP contribution in [0.4, 0.5) is 0 Å². The molecular weight excluding hydrogens is 250 g/mol. The molecule has 0 fully saturated rings. The maximum absolute atomic E-state index is 10.7. The van der Waals surface area contributed by atoms with Gasteiger partial charge in [0.25, 0.3) is 0 Å². The summed E-state index contributed by atoms with van der Waals surface area (Å²) in [5.41, 5.74) is 0.851. The zero-order chi connectivity index (χ0) is 13.5. The molecule has 1 heterocycles. The number of hydrogen-bond acceptors (Lipinski definition) is 5. The summed E-state index contributed by atoms with van der Waals surface area (Å²) < 4.78 is 0. The average molecular weight is 271 g/mol. The lowest BCUT2D eigenvalue weighted by atomic mass is 10.3. The zero-order valence-electron chi connectivity index (χ0n) is 11.2. The Morgan fingerprint density at radius 1 is 1.44 bits per heavy atom. The smallest absolute Gasteiger partial charge is 0.365 e. The number of carbonyl (C=O) groups is 1. The van der Waals surface area contributed by atoms with E-state index >= 15 is 0 Å². The van der Waals surface area contributed by atoms with E-state index in [9.17, 15) is 4.79 Å². The topological polar surface area (TPSA) is 56.7 Å². The molecule has 1 rings (SSSR count). The monoisotopic (exact) mass is 271 g/mol. The van der Waals surface area contributed by atoms with Gasteiger partial charge in [0, 0.05) is 11.9 Å². The summed E-state index contributed by atoms with van der Waals surface area (Å²) in [6, 6.07) is 0. The van der Waals surface area contributed by atoms with Crippen molar-refractivity contribution in [2.75, 3.05) is 33.7 Å². The third-order valence-electron chi connectivity index (χ3n) is 2.65. The summed E-state index contributed by atoms with van der Waals surface area (Å²) in [4.78, 5) is 19.3. The maximum atomic E-state index is 10.7. The van der Waals surface area contributed by atoms with Crippen molar-refractivity contribution in [3.63, 3.8) is 0 Å². The van der Waals surface area contributed by atoms with Crippen molar-refractivity contribution in [3.8, 4) is 0 Å². The van der Waals surface area contributed by atoms with Crippen LogP contribution in [0.15, 0.2) is 5.38 Å². The molecule has 18 heavy (non-hydrogen) atoms. The van der Waals surface area contributed by atoms with Crippen molar-refractivity contribution >= 4 is 17.3 Å². The van der Waals surface area contributed by atoms with Gasteiger partial charge in [-0.25, -0.2) is 9.78 Å². The van der Waals surface area contributed by atoms with E-state index in [1.807, 2.05) is 5.38 Å². The minimum absolute atomic E-state index is 0.175. The number of carboxylic acids is 1. The highest BCUT2D eigenvalue weighted by Gasteiger charge is 2.11. The zero-order valence-corrected chi connectivity index (χ0v) is 12.0. The summed E-state index contributed by atoms with van der Waals surface area (Å²) in [5.74, 6) is -0.943. The summed E-state index contributed by atoms with van der Waals surface area (Å²) >= 11 is 1.19. The number of aromatic carboxylic acids is 1. The number of hydrogen-bond donors (Lipinski definition) is 1. The van der Waals surface area contributed by atoms with Crippen LogP contribution in [0.3, 0.4) is 0 Å². The quantitative estimate of drug-likeness (QED) is 0.778. The van der Waals surface area contributed by atoms with Crippen LogP contribution in [-0.2, 0) is 6.54 Å². The Morgan fingerprint density at radius 2 is 2.17 bits per heavy atom. The first kappa shape index (κ1) is 15.1. The Morgan fingerprint density at radius 3 is 2.67 bits per heavy atom. The Kier molecular flexibility index (Phi) is 6.24. The van der Waals surface area contributed by atoms with Gasteiger partial charge in [0.1, 0.15) is 0 Å². The molecule has 5 nitrogen and oxygen atoms in total. The first-order chi connectivity index (χ1) is 8.52. The van der Waals surface area contributed by atoms with E-state index < -0.39 is 5.97 Å². The van der Waals surface area contributed by atoms with E-state index in [-0.39, 0.29) is 5.01 Å². The third-order valence-corrected chi connectivity index (χ3v) is 3.53. The molecule has 6 heteroatoms. The first-order valence-electron chi connectivity index (χ1n) is 6.07. The number of rotatable bonds is 8. The van der Waals surface area contributed by atoms with Crippen LogP contribution in [0.5, 0.6) is 0 Å². The van der Waals surface area contributed by atoms with Crippen molar-refractivity contribution < 1.29 is 9.90 Å². The van der Waals surface area contributed by atoms with Crippen molar-refractivity contribution in [3.05, 3.63) is 16.1 Å². The number of thiazole rings is 1. The highest BCUT2D eigenvalue weighted by atomic mass is 32.1. The predicted molar refractivity (Wildman–Crippen MR) is 73.2 cm³/mol. The molecule has 0 saturated carbocycles. The highest BCUT2D eigenvalue weighted by Crippen LogP contribution is 2.12. The molecule has 0 aliphatic carbocycles. The Hall–Kier alpha value is -0.980. The van der Waals surface area contributed by atoms with Gasteiger partial charge in [0.2, 0.25) is 5.01 Å². The fraction of sp³-hybridized carbons (Fsp3) is 0.667. The molecule has 0 radical (unpaired) electrons. The lowest BCUT2D eigenvalue weighted by molar-refractivity contribution is 0.0696. The fourth-order valence-electron chi connectivity index (χ4n) is 1.67. The van der Waals surface area contributed by atoms with Crippen molar-refractivity contribution in [2.24, 2.45) is 0 Å². The minimum atomic E-state index is -0.943. The van der Waals surface area contributed by atoms with E-state index in [0.29, 0.717) is 0 Å². The van der Waals surface area contributed by atoms with E-state index in [4.69, 9.17) is 5.11 Å². The standard InChI is InChI=1S/C12H21N3O2S/c1-4-15(7-5-6-14(2)3)8-10-9-18-11(13-10)12(16)17/h9H,4-8H2,1-3H3,(H,16,17). The largest absolute Gasteiger partial charge is 0.476 e. The van der Waals surface area contributed by atoms with Gasteiger partial charge >= 0.3 is 5.97 Å². The van der Waals surface area contributed by atoms with E-state index in [1.54, 1.807) is 0 Å². The normalized spacial score (nSPS) is 11.4. The molecular formula is C12H21N3O2S. The Balaban J connectivity index is 2.43. The van der Waals surface area contributed by atoms with Crippen molar-refractivity contribution in [1.29, 1.82) is 0 Å². The van der Waals surface area contributed by atoms with E-state index in [2.05, 4.69) is 35.8 Å². The van der Waals surface area contributed by atoms with Crippen LogP contribution in [-0.4, -0.2) is 59.6 Å². The van der Waals surface area contributed by atoms with Crippen molar-refractivity contribution in [1.82, 2.24) is 14.8 Å². The summed E-state index contributed by atoms with van der Waals surface area (Å²) in [5, 5.41) is 10.8. The highest BCUT2D eigenvalue weighted by molar-refractivity contribution is 7.11. The van der Waals surface area contributed by atoms with Crippen LogP contribution < -0.4 is 0 Å². The lowest BCUT2D eigenvalue weighted by Gasteiger charge is -2.20. The van der Waals surface area contributed by atoms with Gasteiger partial charge in [-0.05, 0) is 40.2 Å². The van der Waals surface area contributed by atoms with E-state index in [0.717, 1.165) is 38.3 Å². The average Bonchev–Trinajstić information content (AvgIpc) is 2.76.